The Morgan fingerprint density at radius 1 is 1.00 bits per heavy atom. The number of carbonyl (C=O) groups excluding carboxylic acids is 1. The highest BCUT2D eigenvalue weighted by Crippen LogP contribution is 2.40. The summed E-state index contributed by atoms with van der Waals surface area (Å²) in [5.41, 5.74) is 1.56. The first-order valence-electron chi connectivity index (χ1n) is 7.74. The first-order valence-corrected chi connectivity index (χ1v) is 8.50. The number of fused-ring (bicyclic) bond motifs is 1. The summed E-state index contributed by atoms with van der Waals surface area (Å²) in [6, 6.07) is 14.2. The summed E-state index contributed by atoms with van der Waals surface area (Å²) >= 11 is 12.3. The maximum atomic E-state index is 11.6. The Kier molecular flexibility index (Phi) is 5.40. The van der Waals surface area contributed by atoms with Crippen LogP contribution in [0.1, 0.15) is 6.92 Å². The molecule has 0 bridgehead atoms. The Morgan fingerprint density at radius 2 is 1.69 bits per heavy atom. The number of hydrogen-bond donors (Lipinski definition) is 1. The summed E-state index contributed by atoms with van der Waals surface area (Å²) in [6.07, 6.45) is 0. The van der Waals surface area contributed by atoms with Gasteiger partial charge in [0.1, 0.15) is 11.4 Å². The molecule has 3 aromatic carbocycles. The lowest BCUT2D eigenvalue weighted by Crippen LogP contribution is -2.06. The van der Waals surface area contributed by atoms with E-state index in [2.05, 4.69) is 15.5 Å². The molecule has 0 fully saturated rings. The number of benzene rings is 3. The van der Waals surface area contributed by atoms with Gasteiger partial charge in [-0.15, -0.1) is 10.2 Å². The fraction of sp³-hybridized carbons (Fsp3) is 0.105. The number of nitrogens with one attached hydrogen (secondary N) is 1. The van der Waals surface area contributed by atoms with E-state index >= 15 is 0 Å². The van der Waals surface area contributed by atoms with Crippen molar-refractivity contribution in [2.24, 2.45) is 10.2 Å². The van der Waals surface area contributed by atoms with Crippen LogP contribution in [0.3, 0.4) is 0 Å². The quantitative estimate of drug-likeness (QED) is 0.517. The van der Waals surface area contributed by atoms with Gasteiger partial charge in [-0.1, -0.05) is 41.4 Å². The minimum absolute atomic E-state index is 0.183. The van der Waals surface area contributed by atoms with Crippen LogP contribution in [0.15, 0.2) is 58.8 Å². The van der Waals surface area contributed by atoms with Crippen molar-refractivity contribution in [2.45, 2.75) is 6.92 Å². The molecule has 0 radical (unpaired) electrons. The maximum Gasteiger partial charge on any atom is 0.221 e. The van der Waals surface area contributed by atoms with Crippen molar-refractivity contribution in [2.75, 3.05) is 12.4 Å². The van der Waals surface area contributed by atoms with Crippen LogP contribution in [0.4, 0.5) is 17.1 Å². The third kappa shape index (κ3) is 3.64. The second kappa shape index (κ2) is 7.72. The topological polar surface area (TPSA) is 63.1 Å². The number of anilines is 1. The average Bonchev–Trinajstić information content (AvgIpc) is 2.61. The number of methoxy groups -OCH3 is 1. The van der Waals surface area contributed by atoms with Crippen molar-refractivity contribution in [1.29, 1.82) is 0 Å². The van der Waals surface area contributed by atoms with E-state index in [1.54, 1.807) is 43.5 Å². The molecule has 3 aromatic rings. The van der Waals surface area contributed by atoms with E-state index in [0.717, 1.165) is 5.39 Å². The second-order valence-electron chi connectivity index (χ2n) is 5.47. The van der Waals surface area contributed by atoms with Gasteiger partial charge in [0.25, 0.3) is 0 Å². The third-order valence-electron chi connectivity index (χ3n) is 3.70. The van der Waals surface area contributed by atoms with Crippen LogP contribution in [0.5, 0.6) is 5.75 Å². The van der Waals surface area contributed by atoms with Gasteiger partial charge in [0.15, 0.2) is 0 Å². The minimum atomic E-state index is -0.183. The predicted molar refractivity (Wildman–Crippen MR) is 105 cm³/mol. The van der Waals surface area contributed by atoms with Gasteiger partial charge in [-0.2, -0.15) is 0 Å². The van der Waals surface area contributed by atoms with Crippen LogP contribution >= 0.6 is 23.2 Å². The predicted octanol–water partition coefficient (Wildman–Crippen LogP) is 6.53. The zero-order valence-corrected chi connectivity index (χ0v) is 15.6. The molecule has 0 saturated carbocycles. The highest BCUT2D eigenvalue weighted by Gasteiger charge is 2.12. The monoisotopic (exact) mass is 387 g/mol. The molecular formula is C19H15Cl2N3O2. The van der Waals surface area contributed by atoms with Gasteiger partial charge in [0.2, 0.25) is 5.91 Å². The third-order valence-corrected chi connectivity index (χ3v) is 4.31. The number of carbonyl (C=O) groups is 1. The van der Waals surface area contributed by atoms with E-state index in [1.807, 2.05) is 12.1 Å². The van der Waals surface area contributed by atoms with Crippen molar-refractivity contribution in [1.82, 2.24) is 0 Å². The number of halogens is 2. The van der Waals surface area contributed by atoms with Crippen LogP contribution in [0, 0.1) is 0 Å². The van der Waals surface area contributed by atoms with E-state index < -0.39 is 0 Å². The Hall–Kier alpha value is -2.63. The fourth-order valence-electron chi connectivity index (χ4n) is 2.60. The van der Waals surface area contributed by atoms with Crippen molar-refractivity contribution in [3.05, 3.63) is 58.6 Å². The van der Waals surface area contributed by atoms with Crippen LogP contribution in [0.25, 0.3) is 10.8 Å². The Morgan fingerprint density at radius 3 is 2.35 bits per heavy atom. The largest absolute Gasteiger partial charge is 0.496 e. The Bertz CT molecular complexity index is 999. The summed E-state index contributed by atoms with van der Waals surface area (Å²) < 4.78 is 5.42. The lowest BCUT2D eigenvalue weighted by molar-refractivity contribution is -0.114. The molecule has 0 aliphatic heterocycles. The van der Waals surface area contributed by atoms with Gasteiger partial charge in [-0.3, -0.25) is 4.79 Å². The van der Waals surface area contributed by atoms with Gasteiger partial charge in [0.05, 0.1) is 28.5 Å². The van der Waals surface area contributed by atoms with E-state index in [-0.39, 0.29) is 5.91 Å². The molecule has 1 N–H and O–H groups in total. The molecule has 7 heteroatoms. The first-order chi connectivity index (χ1) is 12.5. The molecular weight excluding hydrogens is 373 g/mol. The van der Waals surface area contributed by atoms with E-state index in [0.29, 0.717) is 38.2 Å². The molecule has 3 rings (SSSR count). The van der Waals surface area contributed by atoms with Crippen LogP contribution in [-0.4, -0.2) is 13.0 Å². The van der Waals surface area contributed by atoms with Crippen molar-refractivity contribution in [3.63, 3.8) is 0 Å². The molecule has 0 aliphatic rings. The summed E-state index contributed by atoms with van der Waals surface area (Å²) in [4.78, 5) is 11.6. The van der Waals surface area contributed by atoms with Gasteiger partial charge in [-0.05, 0) is 30.3 Å². The number of azo groups is 1. The van der Waals surface area contributed by atoms with Crippen LogP contribution in [0.2, 0.25) is 10.0 Å². The number of amides is 1. The van der Waals surface area contributed by atoms with E-state index in [4.69, 9.17) is 27.9 Å². The molecule has 26 heavy (non-hydrogen) atoms. The normalized spacial score (nSPS) is 11.1. The van der Waals surface area contributed by atoms with Crippen molar-refractivity contribution in [3.8, 4) is 5.75 Å². The highest BCUT2D eigenvalue weighted by atomic mass is 35.5. The van der Waals surface area contributed by atoms with Crippen molar-refractivity contribution < 1.29 is 9.53 Å². The SMILES string of the molecule is COc1ccc(N=Nc2c(Cl)cccc2Cl)c2c(NC(C)=O)cccc12. The van der Waals surface area contributed by atoms with Gasteiger partial charge in [-0.25, -0.2) is 0 Å². The zero-order valence-electron chi connectivity index (χ0n) is 14.1. The number of ether oxygens (including phenoxy) is 1. The molecule has 0 unspecified atom stereocenters. The minimum Gasteiger partial charge on any atom is -0.496 e. The molecule has 0 aliphatic carbocycles. The number of nitrogens with zero attached hydrogens (tertiary/aromatic N) is 2. The smallest absolute Gasteiger partial charge is 0.221 e. The average molecular weight is 388 g/mol. The number of rotatable bonds is 4. The summed E-state index contributed by atoms with van der Waals surface area (Å²) in [5.74, 6) is 0.485. The molecule has 132 valence electrons. The lowest BCUT2D eigenvalue weighted by Gasteiger charge is -2.12. The molecule has 0 spiro atoms. The molecule has 0 heterocycles. The second-order valence-corrected chi connectivity index (χ2v) is 6.28. The molecule has 1 amide bonds. The van der Waals surface area contributed by atoms with E-state index in [1.165, 1.54) is 6.92 Å². The number of hydrogen-bond acceptors (Lipinski definition) is 4. The Labute approximate surface area is 160 Å². The maximum absolute atomic E-state index is 11.6. The Balaban J connectivity index is 2.19. The summed E-state index contributed by atoms with van der Waals surface area (Å²) in [7, 11) is 1.59. The highest BCUT2D eigenvalue weighted by molar-refractivity contribution is 6.38. The standard InChI is InChI=1S/C19H15Cl2N3O2/c1-11(25)22-15-8-3-5-12-17(26-2)10-9-16(18(12)15)23-24-19-13(20)6-4-7-14(19)21/h3-10H,1-2H3,(H,22,25). The lowest BCUT2D eigenvalue weighted by atomic mass is 10.1. The van der Waals surface area contributed by atoms with Crippen molar-refractivity contribution >= 4 is 56.9 Å². The zero-order chi connectivity index (χ0) is 18.7. The summed E-state index contributed by atoms with van der Waals surface area (Å²) in [5, 5.41) is 13.7. The molecule has 0 saturated heterocycles. The molecule has 5 nitrogen and oxygen atoms in total. The van der Waals surface area contributed by atoms with Gasteiger partial charge < -0.3 is 10.1 Å². The van der Waals surface area contributed by atoms with Gasteiger partial charge >= 0.3 is 0 Å². The first kappa shape index (κ1) is 18.2. The fourth-order valence-corrected chi connectivity index (χ4v) is 3.08. The van der Waals surface area contributed by atoms with Crippen LogP contribution < -0.4 is 10.1 Å². The van der Waals surface area contributed by atoms with E-state index in [9.17, 15) is 4.79 Å². The summed E-state index contributed by atoms with van der Waals surface area (Å²) in [6.45, 7) is 1.45. The molecule has 0 aromatic heterocycles. The van der Waals surface area contributed by atoms with Gasteiger partial charge in [0, 0.05) is 17.7 Å². The van der Waals surface area contributed by atoms with Crippen LogP contribution in [-0.2, 0) is 4.79 Å². The molecule has 0 atom stereocenters.